The van der Waals surface area contributed by atoms with E-state index in [1.807, 2.05) is 6.07 Å². The Morgan fingerprint density at radius 3 is 2.43 bits per heavy atom. The lowest BCUT2D eigenvalue weighted by atomic mass is 10.1. The highest BCUT2D eigenvalue weighted by molar-refractivity contribution is 5.61. The molecule has 3 rings (SSSR count). The van der Waals surface area contributed by atoms with Crippen LogP contribution in [-0.2, 0) is 0 Å². The smallest absolute Gasteiger partial charge is 0.165 e. The number of anilines is 1. The third kappa shape index (κ3) is 2.80. The molecule has 0 saturated heterocycles. The Labute approximate surface area is 132 Å². The van der Waals surface area contributed by atoms with Crippen molar-refractivity contribution in [2.75, 3.05) is 20.0 Å². The van der Waals surface area contributed by atoms with Gasteiger partial charge < -0.3 is 15.2 Å². The van der Waals surface area contributed by atoms with Gasteiger partial charge in [0.2, 0.25) is 0 Å². The predicted molar refractivity (Wildman–Crippen MR) is 84.3 cm³/mol. The van der Waals surface area contributed by atoms with Crippen LogP contribution in [0.5, 0.6) is 11.5 Å². The fraction of sp³-hybridized carbons (Fsp3) is 0.125. The number of hydrogen-bond donors (Lipinski definition) is 1. The van der Waals surface area contributed by atoms with Crippen LogP contribution in [0.3, 0.4) is 0 Å². The lowest BCUT2D eigenvalue weighted by Gasteiger charge is -2.06. The van der Waals surface area contributed by atoms with Gasteiger partial charge in [0.15, 0.2) is 11.6 Å². The van der Waals surface area contributed by atoms with Crippen molar-refractivity contribution in [2.45, 2.75) is 0 Å². The second-order valence-corrected chi connectivity index (χ2v) is 4.82. The molecule has 2 aromatic carbocycles. The van der Waals surface area contributed by atoms with Gasteiger partial charge in [-0.3, -0.25) is 0 Å². The molecular formula is C16H15FN4O2. The van der Waals surface area contributed by atoms with Crippen molar-refractivity contribution in [3.63, 3.8) is 0 Å². The zero-order valence-electron chi connectivity index (χ0n) is 12.7. The van der Waals surface area contributed by atoms with Crippen molar-refractivity contribution >= 4 is 5.69 Å². The summed E-state index contributed by atoms with van der Waals surface area (Å²) in [5.74, 6) is 0.323. The van der Waals surface area contributed by atoms with Crippen LogP contribution in [0.1, 0.15) is 0 Å². The van der Waals surface area contributed by atoms with E-state index in [-0.39, 0.29) is 5.75 Å². The fourth-order valence-electron chi connectivity index (χ4n) is 2.21. The number of nitrogens with two attached hydrogens (primary N) is 1. The first-order chi connectivity index (χ1) is 11.1. The predicted octanol–water partition coefficient (Wildman–Crippen LogP) is 2.67. The van der Waals surface area contributed by atoms with Crippen molar-refractivity contribution < 1.29 is 13.9 Å². The number of nitrogens with zero attached hydrogens (tertiary/aromatic N) is 3. The van der Waals surface area contributed by atoms with Crippen LogP contribution in [0.2, 0.25) is 0 Å². The highest BCUT2D eigenvalue weighted by atomic mass is 19.1. The van der Waals surface area contributed by atoms with Gasteiger partial charge >= 0.3 is 0 Å². The van der Waals surface area contributed by atoms with Gasteiger partial charge in [-0.05, 0) is 36.4 Å². The molecule has 0 atom stereocenters. The number of rotatable bonds is 4. The van der Waals surface area contributed by atoms with E-state index in [0.717, 1.165) is 5.69 Å². The molecule has 1 heterocycles. The monoisotopic (exact) mass is 314 g/mol. The van der Waals surface area contributed by atoms with Gasteiger partial charge in [0, 0.05) is 5.56 Å². The van der Waals surface area contributed by atoms with Crippen molar-refractivity contribution in [1.82, 2.24) is 15.0 Å². The molecule has 0 saturated carbocycles. The van der Waals surface area contributed by atoms with Gasteiger partial charge in [-0.1, -0.05) is 5.21 Å². The van der Waals surface area contributed by atoms with E-state index in [1.54, 1.807) is 42.3 Å². The molecule has 0 aliphatic carbocycles. The van der Waals surface area contributed by atoms with Crippen LogP contribution < -0.4 is 15.2 Å². The molecular weight excluding hydrogens is 299 g/mol. The van der Waals surface area contributed by atoms with Crippen molar-refractivity contribution in [1.29, 1.82) is 0 Å². The molecule has 0 fully saturated rings. The average molecular weight is 314 g/mol. The average Bonchev–Trinajstić information content (AvgIpc) is 3.04. The molecule has 0 spiro atoms. The molecule has 118 valence electrons. The standard InChI is InChI=1S/C16H15FN4O2/c1-22-15-5-3-10(7-12(15)17)14-9-21(20-19-14)11-4-6-16(23-2)13(18)8-11/h3-9H,18H2,1-2H3. The maximum absolute atomic E-state index is 13.8. The number of benzene rings is 2. The first-order valence-electron chi connectivity index (χ1n) is 6.82. The van der Waals surface area contributed by atoms with Crippen LogP contribution >= 0.6 is 0 Å². The molecule has 0 amide bonds. The number of nitrogen functional groups attached to an aromatic ring is 1. The molecule has 0 aliphatic rings. The maximum atomic E-state index is 13.8. The Hall–Kier alpha value is -3.09. The number of hydrogen-bond acceptors (Lipinski definition) is 5. The van der Waals surface area contributed by atoms with Crippen LogP contribution in [0.15, 0.2) is 42.6 Å². The minimum Gasteiger partial charge on any atom is -0.495 e. The summed E-state index contributed by atoms with van der Waals surface area (Å²) in [6, 6.07) is 9.91. The fourth-order valence-corrected chi connectivity index (χ4v) is 2.21. The lowest BCUT2D eigenvalue weighted by Crippen LogP contribution is -1.98. The van der Waals surface area contributed by atoms with Gasteiger partial charge in [-0.25, -0.2) is 9.07 Å². The SMILES string of the molecule is COc1ccc(-n2cc(-c3ccc(OC)c(F)c3)nn2)cc1N. The molecule has 0 bridgehead atoms. The van der Waals surface area contributed by atoms with Crippen LogP contribution in [0.25, 0.3) is 16.9 Å². The molecule has 7 heteroatoms. The Morgan fingerprint density at radius 2 is 1.78 bits per heavy atom. The Morgan fingerprint density at radius 1 is 1.04 bits per heavy atom. The maximum Gasteiger partial charge on any atom is 0.165 e. The van der Waals surface area contributed by atoms with E-state index in [2.05, 4.69) is 10.3 Å². The molecule has 0 unspecified atom stereocenters. The molecule has 6 nitrogen and oxygen atoms in total. The van der Waals surface area contributed by atoms with Gasteiger partial charge in [-0.2, -0.15) is 0 Å². The molecule has 23 heavy (non-hydrogen) atoms. The summed E-state index contributed by atoms with van der Waals surface area (Å²) >= 11 is 0. The van der Waals surface area contributed by atoms with Gasteiger partial charge in [0.25, 0.3) is 0 Å². The Balaban J connectivity index is 1.94. The van der Waals surface area contributed by atoms with E-state index in [9.17, 15) is 4.39 Å². The molecule has 3 aromatic rings. The largest absolute Gasteiger partial charge is 0.495 e. The van der Waals surface area contributed by atoms with E-state index < -0.39 is 5.82 Å². The van der Waals surface area contributed by atoms with Gasteiger partial charge in [0.05, 0.1) is 31.8 Å². The zero-order chi connectivity index (χ0) is 16.4. The third-order valence-corrected chi connectivity index (χ3v) is 3.42. The normalized spacial score (nSPS) is 10.6. The quantitative estimate of drug-likeness (QED) is 0.749. The molecule has 0 aliphatic heterocycles. The van der Waals surface area contributed by atoms with Crippen molar-refractivity contribution in [3.8, 4) is 28.4 Å². The van der Waals surface area contributed by atoms with Crippen LogP contribution in [0, 0.1) is 5.82 Å². The molecule has 0 radical (unpaired) electrons. The Kier molecular flexibility index (Phi) is 3.84. The van der Waals surface area contributed by atoms with Crippen molar-refractivity contribution in [3.05, 3.63) is 48.4 Å². The second kappa shape index (κ2) is 5.96. The Bertz CT molecular complexity index is 780. The van der Waals surface area contributed by atoms with Crippen molar-refractivity contribution in [2.24, 2.45) is 0 Å². The van der Waals surface area contributed by atoms with Gasteiger partial charge in [-0.15, -0.1) is 5.10 Å². The number of halogens is 1. The van der Waals surface area contributed by atoms with Gasteiger partial charge in [0.1, 0.15) is 11.4 Å². The first-order valence-corrected chi connectivity index (χ1v) is 6.82. The van der Waals surface area contributed by atoms with E-state index >= 15 is 0 Å². The first kappa shape index (κ1) is 14.8. The summed E-state index contributed by atoms with van der Waals surface area (Å²) in [6.07, 6.45) is 1.70. The highest BCUT2D eigenvalue weighted by Gasteiger charge is 2.10. The summed E-state index contributed by atoms with van der Waals surface area (Å²) in [6.45, 7) is 0. The van der Waals surface area contributed by atoms with E-state index in [1.165, 1.54) is 13.2 Å². The number of ether oxygens (including phenoxy) is 2. The summed E-state index contributed by atoms with van der Waals surface area (Å²) in [4.78, 5) is 0. The van der Waals surface area contributed by atoms with Crippen LogP contribution in [-0.4, -0.2) is 29.2 Å². The molecule has 1 aromatic heterocycles. The molecule has 2 N–H and O–H groups in total. The lowest BCUT2D eigenvalue weighted by molar-refractivity contribution is 0.386. The minimum atomic E-state index is -0.451. The summed E-state index contributed by atoms with van der Waals surface area (Å²) in [5.41, 5.74) is 8.27. The topological polar surface area (TPSA) is 75.2 Å². The minimum absolute atomic E-state index is 0.184. The number of aromatic nitrogens is 3. The summed E-state index contributed by atoms with van der Waals surface area (Å²) in [5, 5.41) is 8.11. The second-order valence-electron chi connectivity index (χ2n) is 4.82. The van der Waals surface area contributed by atoms with Crippen LogP contribution in [0.4, 0.5) is 10.1 Å². The number of methoxy groups -OCH3 is 2. The summed E-state index contributed by atoms with van der Waals surface area (Å²) < 4.78 is 25.4. The third-order valence-electron chi connectivity index (χ3n) is 3.42. The van der Waals surface area contributed by atoms with E-state index in [4.69, 9.17) is 15.2 Å². The zero-order valence-corrected chi connectivity index (χ0v) is 12.7. The highest BCUT2D eigenvalue weighted by Crippen LogP contribution is 2.26. The summed E-state index contributed by atoms with van der Waals surface area (Å²) in [7, 11) is 2.97. The van der Waals surface area contributed by atoms with E-state index in [0.29, 0.717) is 22.7 Å².